The van der Waals surface area contributed by atoms with E-state index in [2.05, 4.69) is 9.62 Å². The first kappa shape index (κ1) is 17.0. The third-order valence-corrected chi connectivity index (χ3v) is 5.13. The van der Waals surface area contributed by atoms with Crippen molar-refractivity contribution >= 4 is 10.0 Å². The number of allylic oxidation sites excluding steroid dienone is 1. The zero-order valence-electron chi connectivity index (χ0n) is 13.2. The van der Waals surface area contributed by atoms with Crippen molar-refractivity contribution in [2.45, 2.75) is 30.8 Å². The van der Waals surface area contributed by atoms with Gasteiger partial charge in [-0.25, -0.2) is 13.1 Å². The molecule has 1 aliphatic heterocycles. The van der Waals surface area contributed by atoms with E-state index < -0.39 is 10.0 Å². The maximum Gasteiger partial charge on any atom is 0.240 e. The summed E-state index contributed by atoms with van der Waals surface area (Å²) in [4.78, 5) is 2.39. The van der Waals surface area contributed by atoms with Crippen LogP contribution in [-0.2, 0) is 14.8 Å². The highest BCUT2D eigenvalue weighted by molar-refractivity contribution is 7.89. The monoisotopic (exact) mass is 324 g/mol. The van der Waals surface area contributed by atoms with Crippen LogP contribution in [0, 0.1) is 6.92 Å². The third kappa shape index (κ3) is 5.12. The molecule has 1 aromatic carbocycles. The normalized spacial score (nSPS) is 18.4. The van der Waals surface area contributed by atoms with Crippen molar-refractivity contribution in [3.63, 3.8) is 0 Å². The van der Waals surface area contributed by atoms with Crippen molar-refractivity contribution < 1.29 is 13.2 Å². The zero-order chi connectivity index (χ0) is 16.0. The molecule has 1 aromatic rings. The maximum atomic E-state index is 12.2. The number of likely N-dealkylation sites (N-methyl/N-ethyl adjacent to an activating group) is 1. The van der Waals surface area contributed by atoms with E-state index in [4.69, 9.17) is 4.74 Å². The van der Waals surface area contributed by atoms with Gasteiger partial charge in [0.25, 0.3) is 0 Å². The Morgan fingerprint density at radius 1 is 1.32 bits per heavy atom. The highest BCUT2D eigenvalue weighted by Crippen LogP contribution is 2.11. The highest BCUT2D eigenvalue weighted by Gasteiger charge is 2.16. The standard InChI is InChI=1S/C16H24N2O3S/c1-14-6-8-16(9-7-14)22(19,20)17-10-11-18(2)13-15-5-3-4-12-21-15/h4,6-9,12,15,17H,3,5,10-11,13H2,1-2H3. The summed E-state index contributed by atoms with van der Waals surface area (Å²) in [5.74, 6) is 0. The first-order valence-corrected chi connectivity index (χ1v) is 9.01. The van der Waals surface area contributed by atoms with E-state index in [1.54, 1.807) is 30.5 Å². The summed E-state index contributed by atoms with van der Waals surface area (Å²) in [5.41, 5.74) is 1.04. The van der Waals surface area contributed by atoms with E-state index in [0.29, 0.717) is 18.0 Å². The quantitative estimate of drug-likeness (QED) is 0.832. The Hall–Kier alpha value is -1.37. The fourth-order valence-electron chi connectivity index (χ4n) is 2.33. The third-order valence-electron chi connectivity index (χ3n) is 3.65. The number of hydrogen-bond acceptors (Lipinski definition) is 4. The van der Waals surface area contributed by atoms with Crippen molar-refractivity contribution in [1.29, 1.82) is 0 Å². The van der Waals surface area contributed by atoms with Gasteiger partial charge in [0.05, 0.1) is 11.2 Å². The summed E-state index contributed by atoms with van der Waals surface area (Å²) in [6.07, 6.45) is 6.02. The van der Waals surface area contributed by atoms with Crippen LogP contribution in [0.5, 0.6) is 0 Å². The second kappa shape index (κ2) is 7.76. The molecule has 0 saturated heterocycles. The van der Waals surface area contributed by atoms with Gasteiger partial charge in [0, 0.05) is 19.6 Å². The summed E-state index contributed by atoms with van der Waals surface area (Å²) in [6, 6.07) is 6.86. The molecule has 122 valence electrons. The van der Waals surface area contributed by atoms with Gasteiger partial charge in [0.2, 0.25) is 10.0 Å². The van der Waals surface area contributed by atoms with Crippen LogP contribution < -0.4 is 4.72 Å². The number of nitrogens with zero attached hydrogens (tertiary/aromatic N) is 1. The van der Waals surface area contributed by atoms with Gasteiger partial charge >= 0.3 is 0 Å². The van der Waals surface area contributed by atoms with Gasteiger partial charge in [-0.05, 0) is 45.0 Å². The molecule has 0 saturated carbocycles. The number of ether oxygens (including phenoxy) is 1. The van der Waals surface area contributed by atoms with E-state index in [0.717, 1.165) is 24.9 Å². The molecular formula is C16H24N2O3S. The highest BCUT2D eigenvalue weighted by atomic mass is 32.2. The number of aryl methyl sites for hydroxylation is 1. The lowest BCUT2D eigenvalue weighted by Crippen LogP contribution is -2.37. The molecule has 0 fully saturated rings. The Bertz CT molecular complexity index is 596. The number of rotatable bonds is 7. The summed E-state index contributed by atoms with van der Waals surface area (Å²) < 4.78 is 32.5. The molecule has 1 atom stereocenters. The minimum atomic E-state index is -3.42. The van der Waals surface area contributed by atoms with E-state index >= 15 is 0 Å². The minimum Gasteiger partial charge on any atom is -0.497 e. The smallest absolute Gasteiger partial charge is 0.240 e. The lowest BCUT2D eigenvalue weighted by atomic mass is 10.1. The molecule has 1 unspecified atom stereocenters. The molecule has 1 N–H and O–H groups in total. The summed E-state index contributed by atoms with van der Waals surface area (Å²) in [7, 11) is -1.45. The molecule has 6 heteroatoms. The Morgan fingerprint density at radius 3 is 2.68 bits per heavy atom. The van der Waals surface area contributed by atoms with Gasteiger partial charge < -0.3 is 9.64 Å². The van der Waals surface area contributed by atoms with Crippen molar-refractivity contribution in [1.82, 2.24) is 9.62 Å². The molecule has 5 nitrogen and oxygen atoms in total. The van der Waals surface area contributed by atoms with Crippen LogP contribution in [0.4, 0.5) is 0 Å². The second-order valence-electron chi connectivity index (χ2n) is 5.68. The van der Waals surface area contributed by atoms with Crippen molar-refractivity contribution in [2.24, 2.45) is 0 Å². The molecule has 1 heterocycles. The van der Waals surface area contributed by atoms with Gasteiger partial charge in [0.15, 0.2) is 0 Å². The van der Waals surface area contributed by atoms with Crippen molar-refractivity contribution in [3.05, 3.63) is 42.2 Å². The van der Waals surface area contributed by atoms with Crippen LogP contribution in [-0.4, -0.2) is 46.1 Å². The minimum absolute atomic E-state index is 0.198. The Morgan fingerprint density at radius 2 is 2.05 bits per heavy atom. The average molecular weight is 324 g/mol. The molecule has 22 heavy (non-hydrogen) atoms. The van der Waals surface area contributed by atoms with Gasteiger partial charge in [0.1, 0.15) is 6.10 Å². The summed E-state index contributed by atoms with van der Waals surface area (Å²) >= 11 is 0. The molecule has 1 aliphatic rings. The van der Waals surface area contributed by atoms with Crippen LogP contribution in [0.15, 0.2) is 41.5 Å². The Kier molecular flexibility index (Phi) is 5.99. The molecule has 0 radical (unpaired) electrons. The SMILES string of the molecule is Cc1ccc(S(=O)(=O)NCCN(C)CC2CCC=CO2)cc1. The van der Waals surface area contributed by atoms with Crippen LogP contribution in [0.2, 0.25) is 0 Å². The molecule has 0 amide bonds. The predicted molar refractivity (Wildman–Crippen MR) is 87.1 cm³/mol. The molecule has 0 spiro atoms. The topological polar surface area (TPSA) is 58.6 Å². The number of nitrogens with one attached hydrogen (secondary N) is 1. The predicted octanol–water partition coefficient (Wildman–Crippen LogP) is 1.90. The van der Waals surface area contributed by atoms with Crippen LogP contribution in [0.3, 0.4) is 0 Å². The average Bonchev–Trinajstić information content (AvgIpc) is 2.48. The molecule has 2 rings (SSSR count). The van der Waals surface area contributed by atoms with Gasteiger partial charge in [-0.3, -0.25) is 0 Å². The van der Waals surface area contributed by atoms with E-state index in [-0.39, 0.29) is 6.10 Å². The zero-order valence-corrected chi connectivity index (χ0v) is 14.0. The lowest BCUT2D eigenvalue weighted by molar-refractivity contribution is 0.0889. The Balaban J connectivity index is 1.77. The van der Waals surface area contributed by atoms with Gasteiger partial charge in [-0.15, -0.1) is 0 Å². The fourth-order valence-corrected chi connectivity index (χ4v) is 3.35. The molecule has 0 bridgehead atoms. The van der Waals surface area contributed by atoms with Crippen LogP contribution in [0.1, 0.15) is 18.4 Å². The number of sulfonamides is 1. The van der Waals surface area contributed by atoms with E-state index in [9.17, 15) is 8.42 Å². The van der Waals surface area contributed by atoms with Crippen LogP contribution in [0.25, 0.3) is 0 Å². The molecule has 0 aliphatic carbocycles. The summed E-state index contributed by atoms with van der Waals surface area (Å²) in [5, 5.41) is 0. The molecular weight excluding hydrogens is 300 g/mol. The van der Waals surface area contributed by atoms with E-state index in [1.807, 2.05) is 20.0 Å². The van der Waals surface area contributed by atoms with Gasteiger partial charge in [-0.1, -0.05) is 17.7 Å². The lowest BCUT2D eigenvalue weighted by Gasteiger charge is -2.25. The van der Waals surface area contributed by atoms with Gasteiger partial charge in [-0.2, -0.15) is 0 Å². The molecule has 0 aromatic heterocycles. The summed E-state index contributed by atoms with van der Waals surface area (Å²) in [6.45, 7) is 3.77. The first-order valence-electron chi connectivity index (χ1n) is 7.53. The fraction of sp³-hybridized carbons (Fsp3) is 0.500. The largest absolute Gasteiger partial charge is 0.497 e. The van der Waals surface area contributed by atoms with Crippen LogP contribution >= 0.6 is 0 Å². The number of benzene rings is 1. The Labute approximate surface area is 133 Å². The first-order chi connectivity index (χ1) is 10.5. The second-order valence-corrected chi connectivity index (χ2v) is 7.45. The van der Waals surface area contributed by atoms with Crippen molar-refractivity contribution in [2.75, 3.05) is 26.7 Å². The number of hydrogen-bond donors (Lipinski definition) is 1. The maximum absolute atomic E-state index is 12.2. The van der Waals surface area contributed by atoms with Crippen molar-refractivity contribution in [3.8, 4) is 0 Å². The van der Waals surface area contributed by atoms with E-state index in [1.165, 1.54) is 0 Å².